The summed E-state index contributed by atoms with van der Waals surface area (Å²) in [5, 5.41) is 5.01. The third-order valence-corrected chi connectivity index (χ3v) is 4.55. The van der Waals surface area contributed by atoms with Crippen LogP contribution in [0.5, 0.6) is 5.75 Å². The summed E-state index contributed by atoms with van der Waals surface area (Å²) in [6.07, 6.45) is 0. The molecule has 0 atom stereocenters. The van der Waals surface area contributed by atoms with Crippen LogP contribution in [0, 0.1) is 0 Å². The lowest BCUT2D eigenvalue weighted by atomic mass is 10.0. The SMILES string of the molecule is CCOc1ccc2ccccc2c1C[NH2+]CC[NH+]1CCOCC1.[Cl-].[Cl-]. The topological polar surface area (TPSA) is 39.5 Å². The number of hydrogen-bond acceptors (Lipinski definition) is 2. The smallest absolute Gasteiger partial charge is 0.128 e. The standard InChI is InChI=1S/C19H26N2O2.2ClH/c1-2-23-19-8-7-16-5-3-4-6-17(16)18(19)15-20-9-10-21-11-13-22-14-12-21;;/h3-8,20H,2,9-15H2,1H3;2*1H. The van der Waals surface area contributed by atoms with E-state index in [0.717, 1.165) is 45.1 Å². The van der Waals surface area contributed by atoms with Crippen molar-refractivity contribution in [3.05, 3.63) is 42.0 Å². The number of benzene rings is 2. The van der Waals surface area contributed by atoms with Gasteiger partial charge in [0.25, 0.3) is 0 Å². The van der Waals surface area contributed by atoms with E-state index in [0.29, 0.717) is 6.61 Å². The number of rotatable bonds is 7. The molecule has 25 heavy (non-hydrogen) atoms. The van der Waals surface area contributed by atoms with Crippen LogP contribution in [0.3, 0.4) is 0 Å². The fourth-order valence-corrected chi connectivity index (χ4v) is 3.28. The number of hydrogen-bond donors (Lipinski definition) is 2. The number of nitrogens with two attached hydrogens (primary N) is 1. The maximum Gasteiger partial charge on any atom is 0.128 e. The first kappa shape index (κ1) is 22.0. The van der Waals surface area contributed by atoms with Crippen molar-refractivity contribution in [2.45, 2.75) is 13.5 Å². The van der Waals surface area contributed by atoms with E-state index < -0.39 is 0 Å². The Bertz CT molecular complexity index is 634. The minimum atomic E-state index is 0. The molecule has 1 heterocycles. The normalized spacial score (nSPS) is 14.6. The quantitative estimate of drug-likeness (QED) is 0.465. The molecule has 0 radical (unpaired) electrons. The average Bonchev–Trinajstić information content (AvgIpc) is 2.61. The van der Waals surface area contributed by atoms with Crippen LogP contribution in [0.1, 0.15) is 12.5 Å². The highest BCUT2D eigenvalue weighted by Gasteiger charge is 2.15. The Labute approximate surface area is 162 Å². The molecule has 1 fully saturated rings. The Hall–Kier alpha value is -1.04. The van der Waals surface area contributed by atoms with Gasteiger partial charge < -0.3 is 44.5 Å². The van der Waals surface area contributed by atoms with Gasteiger partial charge in [-0.05, 0) is 23.8 Å². The van der Waals surface area contributed by atoms with Crippen LogP contribution in [-0.4, -0.2) is 46.0 Å². The number of morpholine rings is 1. The molecular formula is C19H28Cl2N2O2. The highest BCUT2D eigenvalue weighted by Crippen LogP contribution is 2.27. The van der Waals surface area contributed by atoms with Crippen molar-refractivity contribution in [1.82, 2.24) is 0 Å². The molecule has 6 heteroatoms. The lowest BCUT2D eigenvalue weighted by molar-refractivity contribution is -0.920. The second kappa shape index (κ2) is 11.6. The summed E-state index contributed by atoms with van der Waals surface area (Å²) in [7, 11) is 0. The summed E-state index contributed by atoms with van der Waals surface area (Å²) in [6.45, 7) is 10.2. The summed E-state index contributed by atoms with van der Waals surface area (Å²) in [5.74, 6) is 1.03. The van der Waals surface area contributed by atoms with Gasteiger partial charge in [-0.15, -0.1) is 0 Å². The molecule has 0 spiro atoms. The molecule has 1 aliphatic rings. The van der Waals surface area contributed by atoms with Gasteiger partial charge in [0, 0.05) is 0 Å². The van der Waals surface area contributed by atoms with Crippen LogP contribution in [0.4, 0.5) is 0 Å². The summed E-state index contributed by atoms with van der Waals surface area (Å²) in [6, 6.07) is 12.8. The number of ether oxygens (including phenoxy) is 2. The molecule has 0 saturated carbocycles. The van der Waals surface area contributed by atoms with E-state index in [1.807, 2.05) is 6.92 Å². The Morgan fingerprint density at radius 2 is 1.84 bits per heavy atom. The van der Waals surface area contributed by atoms with Gasteiger partial charge in [-0.2, -0.15) is 0 Å². The van der Waals surface area contributed by atoms with Crippen molar-refractivity contribution >= 4 is 10.8 Å². The number of fused-ring (bicyclic) bond motifs is 1. The zero-order valence-corrected chi connectivity index (χ0v) is 16.3. The Morgan fingerprint density at radius 3 is 2.60 bits per heavy atom. The molecule has 4 nitrogen and oxygen atoms in total. The Kier molecular flexibility index (Phi) is 10.2. The van der Waals surface area contributed by atoms with Crippen LogP contribution in [0.15, 0.2) is 36.4 Å². The number of quaternary nitrogens is 2. The first-order chi connectivity index (χ1) is 11.4. The number of halogens is 2. The predicted octanol–water partition coefficient (Wildman–Crippen LogP) is -5.78. The summed E-state index contributed by atoms with van der Waals surface area (Å²) >= 11 is 0. The monoisotopic (exact) mass is 386 g/mol. The van der Waals surface area contributed by atoms with Gasteiger partial charge in [-0.25, -0.2) is 0 Å². The van der Waals surface area contributed by atoms with E-state index in [4.69, 9.17) is 9.47 Å². The summed E-state index contributed by atoms with van der Waals surface area (Å²) in [4.78, 5) is 1.66. The van der Waals surface area contributed by atoms with E-state index >= 15 is 0 Å². The Morgan fingerprint density at radius 1 is 1.08 bits per heavy atom. The van der Waals surface area contributed by atoms with Crippen molar-refractivity contribution in [2.24, 2.45) is 0 Å². The molecule has 1 saturated heterocycles. The van der Waals surface area contributed by atoms with Crippen molar-refractivity contribution in [3.8, 4) is 5.75 Å². The zero-order valence-electron chi connectivity index (χ0n) is 14.8. The zero-order chi connectivity index (χ0) is 15.9. The molecule has 0 bridgehead atoms. The fourth-order valence-electron chi connectivity index (χ4n) is 3.28. The predicted molar refractivity (Wildman–Crippen MR) is 92.0 cm³/mol. The molecule has 3 N–H and O–H groups in total. The van der Waals surface area contributed by atoms with Crippen LogP contribution in [-0.2, 0) is 11.3 Å². The van der Waals surface area contributed by atoms with Gasteiger partial charge in [0.1, 0.15) is 38.5 Å². The van der Waals surface area contributed by atoms with Crippen molar-refractivity contribution in [3.63, 3.8) is 0 Å². The molecule has 3 rings (SSSR count). The lowest BCUT2D eigenvalue weighted by Gasteiger charge is -2.23. The maximum absolute atomic E-state index is 5.85. The van der Waals surface area contributed by atoms with Crippen molar-refractivity contribution in [2.75, 3.05) is 46.0 Å². The minimum Gasteiger partial charge on any atom is -1.00 e. The van der Waals surface area contributed by atoms with Gasteiger partial charge >= 0.3 is 0 Å². The molecule has 2 aromatic rings. The van der Waals surface area contributed by atoms with Gasteiger partial charge in [-0.1, -0.05) is 30.3 Å². The average molecular weight is 387 g/mol. The van der Waals surface area contributed by atoms with Crippen molar-refractivity contribution < 1.29 is 44.5 Å². The molecule has 0 amide bonds. The molecule has 1 aliphatic heterocycles. The molecule has 0 unspecified atom stereocenters. The molecular weight excluding hydrogens is 359 g/mol. The van der Waals surface area contributed by atoms with Gasteiger partial charge in [0.15, 0.2) is 0 Å². The van der Waals surface area contributed by atoms with Crippen LogP contribution >= 0.6 is 0 Å². The van der Waals surface area contributed by atoms with Crippen molar-refractivity contribution in [1.29, 1.82) is 0 Å². The van der Waals surface area contributed by atoms with Crippen LogP contribution < -0.4 is 39.8 Å². The molecule has 2 aromatic carbocycles. The lowest BCUT2D eigenvalue weighted by Crippen LogP contribution is -3.16. The van der Waals surface area contributed by atoms with Gasteiger partial charge in [0.2, 0.25) is 0 Å². The van der Waals surface area contributed by atoms with E-state index in [1.54, 1.807) is 4.90 Å². The third kappa shape index (κ3) is 6.01. The molecule has 0 aliphatic carbocycles. The third-order valence-electron chi connectivity index (χ3n) is 4.55. The fraction of sp³-hybridized carbons (Fsp3) is 0.474. The highest BCUT2D eigenvalue weighted by molar-refractivity contribution is 5.87. The first-order valence-corrected chi connectivity index (χ1v) is 8.75. The first-order valence-electron chi connectivity index (χ1n) is 8.75. The Balaban J connectivity index is 0.00000156. The summed E-state index contributed by atoms with van der Waals surface area (Å²) < 4.78 is 11.3. The maximum atomic E-state index is 5.85. The minimum absolute atomic E-state index is 0. The van der Waals surface area contributed by atoms with Gasteiger partial charge in [-0.3, -0.25) is 0 Å². The molecule has 140 valence electrons. The second-order valence-electron chi connectivity index (χ2n) is 6.09. The van der Waals surface area contributed by atoms with E-state index in [2.05, 4.69) is 41.7 Å². The largest absolute Gasteiger partial charge is 1.00 e. The highest BCUT2D eigenvalue weighted by atomic mass is 35.5. The second-order valence-corrected chi connectivity index (χ2v) is 6.09. The van der Waals surface area contributed by atoms with Gasteiger partial charge in [0.05, 0.1) is 25.4 Å². The van der Waals surface area contributed by atoms with E-state index in [9.17, 15) is 0 Å². The molecule has 0 aromatic heterocycles. The summed E-state index contributed by atoms with van der Waals surface area (Å²) in [5.41, 5.74) is 1.32. The van der Waals surface area contributed by atoms with E-state index in [1.165, 1.54) is 22.9 Å². The van der Waals surface area contributed by atoms with Crippen LogP contribution in [0.25, 0.3) is 10.8 Å². The van der Waals surface area contributed by atoms with Crippen LogP contribution in [0.2, 0.25) is 0 Å². The van der Waals surface area contributed by atoms with E-state index in [-0.39, 0.29) is 24.8 Å². The number of nitrogens with one attached hydrogen (secondary N) is 1.